The van der Waals surface area contributed by atoms with Crippen molar-refractivity contribution in [2.24, 2.45) is 10.7 Å². The van der Waals surface area contributed by atoms with Gasteiger partial charge in [-0.15, -0.1) is 4.99 Å². The molecule has 0 unspecified atom stereocenters. The molecule has 5 nitrogen and oxygen atoms in total. The molecule has 0 aliphatic heterocycles. The van der Waals surface area contributed by atoms with E-state index >= 15 is 0 Å². The van der Waals surface area contributed by atoms with Crippen LogP contribution in [0.4, 0.5) is 0 Å². The first-order valence-electron chi connectivity index (χ1n) is 5.87. The van der Waals surface area contributed by atoms with Crippen molar-refractivity contribution < 1.29 is 9.47 Å². The van der Waals surface area contributed by atoms with Crippen LogP contribution in [0.5, 0.6) is 11.5 Å². The van der Waals surface area contributed by atoms with E-state index in [9.17, 15) is 0 Å². The molecule has 100 valence electrons. The molecule has 0 aliphatic carbocycles. The van der Waals surface area contributed by atoms with E-state index < -0.39 is 0 Å². The number of hydrogen-bond donors (Lipinski definition) is 1. The van der Waals surface area contributed by atoms with Gasteiger partial charge in [-0.25, -0.2) is 0 Å². The minimum atomic E-state index is -0.181. The second-order valence-corrected chi connectivity index (χ2v) is 3.91. The highest BCUT2D eigenvalue weighted by Crippen LogP contribution is 2.25. The highest BCUT2D eigenvalue weighted by molar-refractivity contribution is 5.76. The molecule has 0 saturated heterocycles. The van der Waals surface area contributed by atoms with Crippen LogP contribution in [0.15, 0.2) is 53.5 Å². The summed E-state index contributed by atoms with van der Waals surface area (Å²) in [5.74, 6) is 1.32. The van der Waals surface area contributed by atoms with Gasteiger partial charge in [0.15, 0.2) is 0 Å². The van der Waals surface area contributed by atoms with Gasteiger partial charge < -0.3 is 15.2 Å². The van der Waals surface area contributed by atoms with Crippen LogP contribution in [-0.2, 0) is 0 Å². The molecule has 2 N–H and O–H groups in total. The molecule has 0 aliphatic rings. The summed E-state index contributed by atoms with van der Waals surface area (Å²) in [5, 5.41) is 8.39. The summed E-state index contributed by atoms with van der Waals surface area (Å²) >= 11 is 0. The van der Waals surface area contributed by atoms with E-state index in [1.807, 2.05) is 42.5 Å². The van der Waals surface area contributed by atoms with E-state index in [-0.39, 0.29) is 6.02 Å². The lowest BCUT2D eigenvalue weighted by Crippen LogP contribution is -2.19. The zero-order valence-electron chi connectivity index (χ0n) is 10.9. The molecule has 0 spiro atoms. The molecule has 2 aromatic rings. The van der Waals surface area contributed by atoms with Crippen molar-refractivity contribution in [2.45, 2.75) is 0 Å². The minimum Gasteiger partial charge on any atom is -0.497 e. The van der Waals surface area contributed by atoms with E-state index in [2.05, 4.69) is 4.99 Å². The average Bonchev–Trinajstić information content (AvgIpc) is 2.48. The average molecular weight is 267 g/mol. The summed E-state index contributed by atoms with van der Waals surface area (Å²) in [4.78, 5) is 3.31. The van der Waals surface area contributed by atoms with Gasteiger partial charge in [-0.05, 0) is 35.4 Å². The number of nitriles is 1. The van der Waals surface area contributed by atoms with E-state index in [1.165, 1.54) is 0 Å². The third-order valence-electron chi connectivity index (χ3n) is 2.64. The van der Waals surface area contributed by atoms with E-state index in [0.717, 1.165) is 16.9 Å². The largest absolute Gasteiger partial charge is 0.497 e. The second kappa shape index (κ2) is 6.25. The molecule has 0 heterocycles. The van der Waals surface area contributed by atoms with Gasteiger partial charge in [0.25, 0.3) is 0 Å². The van der Waals surface area contributed by atoms with Gasteiger partial charge in [0.2, 0.25) is 6.19 Å². The van der Waals surface area contributed by atoms with Crippen LogP contribution in [0, 0.1) is 11.5 Å². The molecule has 0 fully saturated rings. The number of benzene rings is 2. The lowest BCUT2D eigenvalue weighted by molar-refractivity contribution is 0.415. The number of methoxy groups -OCH3 is 1. The van der Waals surface area contributed by atoms with Gasteiger partial charge in [0.1, 0.15) is 11.5 Å². The molecule has 0 amide bonds. The third kappa shape index (κ3) is 3.27. The van der Waals surface area contributed by atoms with Crippen LogP contribution in [0.25, 0.3) is 11.1 Å². The zero-order valence-corrected chi connectivity index (χ0v) is 10.9. The number of ether oxygens (including phenoxy) is 2. The molecule has 2 rings (SSSR count). The number of rotatable bonds is 3. The predicted molar refractivity (Wildman–Crippen MR) is 76.3 cm³/mol. The van der Waals surface area contributed by atoms with Gasteiger partial charge in [0, 0.05) is 0 Å². The Morgan fingerprint density at radius 3 is 2.50 bits per heavy atom. The highest BCUT2D eigenvalue weighted by atomic mass is 16.5. The van der Waals surface area contributed by atoms with Crippen LogP contribution < -0.4 is 15.2 Å². The van der Waals surface area contributed by atoms with E-state index in [0.29, 0.717) is 5.75 Å². The summed E-state index contributed by atoms with van der Waals surface area (Å²) in [5.41, 5.74) is 7.42. The van der Waals surface area contributed by atoms with Crippen molar-refractivity contribution in [1.29, 1.82) is 5.26 Å². The lowest BCUT2D eigenvalue weighted by atomic mass is 10.1. The maximum atomic E-state index is 8.39. The van der Waals surface area contributed by atoms with Crippen LogP contribution in [0.1, 0.15) is 0 Å². The summed E-state index contributed by atoms with van der Waals surface area (Å²) in [7, 11) is 1.63. The Hall–Kier alpha value is -3.00. The minimum absolute atomic E-state index is 0.181. The molecular weight excluding hydrogens is 254 g/mol. The summed E-state index contributed by atoms with van der Waals surface area (Å²) in [6, 6.07) is 14.8. The second-order valence-electron chi connectivity index (χ2n) is 3.91. The quantitative estimate of drug-likeness (QED) is 0.526. The smallest absolute Gasteiger partial charge is 0.302 e. The van der Waals surface area contributed by atoms with Crippen LogP contribution in [0.2, 0.25) is 0 Å². The Morgan fingerprint density at radius 2 is 1.85 bits per heavy atom. The van der Waals surface area contributed by atoms with Crippen molar-refractivity contribution in [3.63, 3.8) is 0 Å². The molecular formula is C15H13N3O2. The molecule has 0 radical (unpaired) electrons. The third-order valence-corrected chi connectivity index (χ3v) is 2.64. The van der Waals surface area contributed by atoms with Crippen molar-refractivity contribution in [3.05, 3.63) is 48.5 Å². The van der Waals surface area contributed by atoms with Gasteiger partial charge in [-0.1, -0.05) is 24.3 Å². The molecule has 2 aromatic carbocycles. The van der Waals surface area contributed by atoms with Crippen LogP contribution in [-0.4, -0.2) is 13.1 Å². The monoisotopic (exact) mass is 267 g/mol. The summed E-state index contributed by atoms with van der Waals surface area (Å²) < 4.78 is 10.4. The van der Waals surface area contributed by atoms with Crippen molar-refractivity contribution in [1.82, 2.24) is 0 Å². The molecule has 0 aromatic heterocycles. The summed E-state index contributed by atoms with van der Waals surface area (Å²) in [6.07, 6.45) is 1.57. The molecule has 0 saturated carbocycles. The maximum Gasteiger partial charge on any atom is 0.302 e. The van der Waals surface area contributed by atoms with Gasteiger partial charge >= 0.3 is 6.02 Å². The molecule has 0 bridgehead atoms. The lowest BCUT2D eigenvalue weighted by Gasteiger charge is -2.07. The van der Waals surface area contributed by atoms with Crippen molar-refractivity contribution in [3.8, 4) is 28.8 Å². The number of hydrogen-bond acceptors (Lipinski definition) is 4. The van der Waals surface area contributed by atoms with E-state index in [4.69, 9.17) is 20.5 Å². The zero-order chi connectivity index (χ0) is 14.4. The first-order chi connectivity index (χ1) is 9.72. The molecule has 20 heavy (non-hydrogen) atoms. The van der Waals surface area contributed by atoms with Crippen molar-refractivity contribution in [2.75, 3.05) is 7.11 Å². The maximum absolute atomic E-state index is 8.39. The van der Waals surface area contributed by atoms with Gasteiger partial charge in [-0.3, -0.25) is 0 Å². The van der Waals surface area contributed by atoms with Crippen molar-refractivity contribution >= 4 is 6.02 Å². The Labute approximate surface area is 116 Å². The fourth-order valence-corrected chi connectivity index (χ4v) is 1.72. The van der Waals surface area contributed by atoms with Gasteiger partial charge in [0.05, 0.1) is 7.11 Å². The number of amidine groups is 1. The SMILES string of the molecule is COc1ccc(-c2cccc(OC(N)=NC#N)c2)cc1. The van der Waals surface area contributed by atoms with Crippen LogP contribution >= 0.6 is 0 Å². The molecule has 5 heteroatoms. The predicted octanol–water partition coefficient (Wildman–Crippen LogP) is 2.54. The number of aliphatic imine (C=N–C) groups is 1. The normalized spacial score (nSPS) is 10.7. The Morgan fingerprint density at radius 1 is 1.10 bits per heavy atom. The fourth-order valence-electron chi connectivity index (χ4n) is 1.72. The summed E-state index contributed by atoms with van der Waals surface area (Å²) in [6.45, 7) is 0. The van der Waals surface area contributed by atoms with Gasteiger partial charge in [-0.2, -0.15) is 5.26 Å². The number of nitrogens with two attached hydrogens (primary N) is 1. The fraction of sp³-hybridized carbons (Fsp3) is 0.0667. The first-order valence-corrected chi connectivity index (χ1v) is 5.87. The van der Waals surface area contributed by atoms with E-state index in [1.54, 1.807) is 19.4 Å². The Bertz CT molecular complexity index is 658. The Kier molecular flexibility index (Phi) is 4.20. The number of nitrogens with zero attached hydrogens (tertiary/aromatic N) is 2. The first kappa shape index (κ1) is 13.4. The van der Waals surface area contributed by atoms with Crippen LogP contribution in [0.3, 0.4) is 0 Å². The Balaban J connectivity index is 2.25. The topological polar surface area (TPSA) is 80.6 Å². The standard InChI is InChI=1S/C15H13N3O2/c1-19-13-7-5-11(6-8-13)12-3-2-4-14(9-12)20-15(17)18-10-16/h2-9H,1H3,(H2,17,18). The molecule has 0 atom stereocenters. The highest BCUT2D eigenvalue weighted by Gasteiger charge is 2.02.